The highest BCUT2D eigenvalue weighted by Crippen LogP contribution is 2.26. The maximum atomic E-state index is 13.5. The first-order chi connectivity index (χ1) is 16.2. The highest BCUT2D eigenvalue weighted by Gasteiger charge is 2.15. The van der Waals surface area contributed by atoms with Gasteiger partial charge in [-0.3, -0.25) is 14.4 Å². The van der Waals surface area contributed by atoms with Crippen LogP contribution in [0, 0.1) is 5.82 Å². The van der Waals surface area contributed by atoms with Crippen LogP contribution in [0.2, 0.25) is 0 Å². The van der Waals surface area contributed by atoms with E-state index in [9.17, 15) is 9.18 Å². The van der Waals surface area contributed by atoms with Gasteiger partial charge in [-0.25, -0.2) is 19.3 Å². The second-order valence-electron chi connectivity index (χ2n) is 7.72. The van der Waals surface area contributed by atoms with Gasteiger partial charge in [0, 0.05) is 48.4 Å². The van der Waals surface area contributed by atoms with Gasteiger partial charge in [-0.05, 0) is 55.3 Å². The quantitative estimate of drug-likeness (QED) is 0.429. The molecule has 3 heterocycles. The van der Waals surface area contributed by atoms with Gasteiger partial charge in [-0.1, -0.05) is 6.08 Å². The van der Waals surface area contributed by atoms with Crippen molar-refractivity contribution in [3.8, 4) is 17.1 Å². The highest BCUT2D eigenvalue weighted by molar-refractivity contribution is 5.97. The van der Waals surface area contributed by atoms with Crippen molar-refractivity contribution in [2.75, 3.05) is 6.54 Å². The Morgan fingerprint density at radius 1 is 1.09 bits per heavy atom. The number of allylic oxidation sites excluding steroid dienone is 1. The molecule has 7 nitrogen and oxygen atoms in total. The Balaban J connectivity index is 1.41. The number of carbonyl (C=O) groups is 1. The lowest BCUT2D eigenvalue weighted by molar-refractivity contribution is 0.0953. The third-order valence-corrected chi connectivity index (χ3v) is 5.42. The molecule has 1 N–H and O–H groups in total. The first-order valence-electron chi connectivity index (χ1n) is 10.7. The summed E-state index contributed by atoms with van der Waals surface area (Å²) in [5, 5.41) is 2.96. The molecule has 4 aromatic rings. The van der Waals surface area contributed by atoms with Gasteiger partial charge >= 0.3 is 0 Å². The van der Waals surface area contributed by atoms with Gasteiger partial charge in [0.1, 0.15) is 17.8 Å². The molecule has 1 aliphatic heterocycles. The van der Waals surface area contributed by atoms with Crippen LogP contribution >= 0.6 is 0 Å². The Morgan fingerprint density at radius 3 is 2.73 bits per heavy atom. The van der Waals surface area contributed by atoms with Crippen LogP contribution in [0.5, 0.6) is 0 Å². The summed E-state index contributed by atoms with van der Waals surface area (Å²) in [5.41, 5.74) is 4.17. The Hall–Kier alpha value is -4.20. The predicted molar refractivity (Wildman–Crippen MR) is 125 cm³/mol. The van der Waals surface area contributed by atoms with Gasteiger partial charge in [-0.15, -0.1) is 0 Å². The van der Waals surface area contributed by atoms with E-state index in [4.69, 9.17) is 9.97 Å². The molecule has 0 saturated heterocycles. The van der Waals surface area contributed by atoms with E-state index in [1.807, 2.05) is 12.3 Å². The Morgan fingerprint density at radius 2 is 1.97 bits per heavy atom. The molecule has 0 spiro atoms. The van der Waals surface area contributed by atoms with Crippen LogP contribution < -0.4 is 5.32 Å². The number of benzene rings is 2. The molecule has 1 amide bonds. The first-order valence-corrected chi connectivity index (χ1v) is 10.7. The highest BCUT2D eigenvalue weighted by atomic mass is 19.1. The van der Waals surface area contributed by atoms with Gasteiger partial charge in [-0.2, -0.15) is 0 Å². The number of imidazole rings is 1. The number of hydrogen-bond donors (Lipinski definition) is 1. The molecule has 0 radical (unpaired) electrons. The number of fused-ring (bicyclic) bond motifs is 1. The average Bonchev–Trinajstić information content (AvgIpc) is 3.56. The maximum absolute atomic E-state index is 13.5. The lowest BCUT2D eigenvalue weighted by Crippen LogP contribution is -2.24. The van der Waals surface area contributed by atoms with Crippen molar-refractivity contribution in [2.24, 2.45) is 4.99 Å². The molecule has 0 unspecified atom stereocenters. The number of nitrogens with zero attached hydrogens (tertiary/aromatic N) is 5. The molecular weight excluding hydrogens is 419 g/mol. The summed E-state index contributed by atoms with van der Waals surface area (Å²) in [5.74, 6) is 0.0900. The number of hydrogen-bond acceptors (Lipinski definition) is 5. The van der Waals surface area contributed by atoms with Gasteiger partial charge in [0.15, 0.2) is 5.82 Å². The zero-order valence-electron chi connectivity index (χ0n) is 17.8. The van der Waals surface area contributed by atoms with E-state index in [2.05, 4.69) is 15.3 Å². The minimum atomic E-state index is -0.327. The first kappa shape index (κ1) is 20.7. The molecule has 0 bridgehead atoms. The normalized spacial score (nSPS) is 12.8. The smallest absolute Gasteiger partial charge is 0.251 e. The number of halogens is 1. The maximum Gasteiger partial charge on any atom is 0.251 e. The van der Waals surface area contributed by atoms with Crippen LogP contribution in [0.15, 0.2) is 78.5 Å². The van der Waals surface area contributed by atoms with Crippen molar-refractivity contribution in [3.63, 3.8) is 0 Å². The fraction of sp³-hybridized carbons (Fsp3) is 0.160. The van der Waals surface area contributed by atoms with Gasteiger partial charge in [0.05, 0.1) is 11.0 Å². The molecule has 33 heavy (non-hydrogen) atoms. The average molecular weight is 440 g/mol. The van der Waals surface area contributed by atoms with Crippen molar-refractivity contribution in [1.82, 2.24) is 24.8 Å². The van der Waals surface area contributed by atoms with Crippen LogP contribution in [-0.4, -0.2) is 37.7 Å². The van der Waals surface area contributed by atoms with E-state index in [0.717, 1.165) is 25.0 Å². The third-order valence-electron chi connectivity index (χ3n) is 5.42. The van der Waals surface area contributed by atoms with E-state index < -0.39 is 0 Å². The van der Waals surface area contributed by atoms with E-state index >= 15 is 0 Å². The van der Waals surface area contributed by atoms with Crippen molar-refractivity contribution < 1.29 is 9.18 Å². The minimum Gasteiger partial charge on any atom is -0.352 e. The Labute approximate surface area is 189 Å². The number of amides is 1. The molecule has 1 aliphatic rings. The fourth-order valence-corrected chi connectivity index (χ4v) is 3.71. The predicted octanol–water partition coefficient (Wildman–Crippen LogP) is 4.49. The molecular formula is C25H21FN6O. The van der Waals surface area contributed by atoms with Crippen LogP contribution in [0.4, 0.5) is 4.39 Å². The number of aromatic nitrogens is 4. The summed E-state index contributed by atoms with van der Waals surface area (Å²) < 4.78 is 15.2. The van der Waals surface area contributed by atoms with Gasteiger partial charge in [0.2, 0.25) is 0 Å². The van der Waals surface area contributed by atoms with E-state index in [-0.39, 0.29) is 11.7 Å². The van der Waals surface area contributed by atoms with Crippen LogP contribution in [-0.2, 0) is 0 Å². The largest absolute Gasteiger partial charge is 0.352 e. The lowest BCUT2D eigenvalue weighted by Gasteiger charge is -2.12. The summed E-state index contributed by atoms with van der Waals surface area (Å²) in [4.78, 5) is 30.6. The molecule has 0 fully saturated rings. The van der Waals surface area contributed by atoms with Gasteiger partial charge < -0.3 is 5.32 Å². The number of aliphatic imine (C=N–C) groups is 1. The number of carbonyl (C=O) groups excluding carboxylic acids is 1. The molecule has 0 atom stereocenters. The van der Waals surface area contributed by atoms with Crippen LogP contribution in [0.3, 0.4) is 0 Å². The number of nitrogens with one attached hydrogen (secondary N) is 1. The molecule has 2 aromatic carbocycles. The van der Waals surface area contributed by atoms with Crippen molar-refractivity contribution in [3.05, 3.63) is 84.8 Å². The monoisotopic (exact) mass is 440 g/mol. The zero-order valence-corrected chi connectivity index (χ0v) is 17.8. The van der Waals surface area contributed by atoms with Crippen molar-refractivity contribution in [2.45, 2.75) is 19.3 Å². The second-order valence-corrected chi connectivity index (χ2v) is 7.72. The third kappa shape index (κ3) is 4.55. The Kier molecular flexibility index (Phi) is 5.72. The van der Waals surface area contributed by atoms with E-state index in [1.54, 1.807) is 53.6 Å². The van der Waals surface area contributed by atoms with Crippen LogP contribution in [0.25, 0.3) is 28.1 Å². The zero-order chi connectivity index (χ0) is 22.6. The summed E-state index contributed by atoms with van der Waals surface area (Å²) in [6, 6.07) is 11.3. The van der Waals surface area contributed by atoms with Gasteiger partial charge in [0.25, 0.3) is 5.91 Å². The fourth-order valence-electron chi connectivity index (χ4n) is 3.71. The summed E-state index contributed by atoms with van der Waals surface area (Å²) >= 11 is 0. The minimum absolute atomic E-state index is 0.160. The van der Waals surface area contributed by atoms with Crippen molar-refractivity contribution in [1.29, 1.82) is 0 Å². The lowest BCUT2D eigenvalue weighted by atomic mass is 10.1. The molecule has 0 saturated carbocycles. The summed E-state index contributed by atoms with van der Waals surface area (Å²) in [7, 11) is 0. The molecule has 2 aromatic heterocycles. The topological polar surface area (TPSA) is 85.1 Å². The summed E-state index contributed by atoms with van der Waals surface area (Å²) in [6.07, 6.45) is 11.5. The molecule has 0 aliphatic carbocycles. The van der Waals surface area contributed by atoms with E-state index in [0.29, 0.717) is 40.2 Å². The van der Waals surface area contributed by atoms with Crippen molar-refractivity contribution >= 4 is 22.7 Å². The SMILES string of the molecule is O=C(NCCCC1=NC=CC1)c1ccc2nc(-n3ccnc3)c(-c3ccc(F)cc3)nc2c1. The summed E-state index contributed by atoms with van der Waals surface area (Å²) in [6.45, 7) is 0.571. The standard InChI is InChI=1S/C25H21FN6O/c26-19-8-5-17(6-9-19)23-24(32-14-13-27-16-32)31-21-10-7-18(15-22(21)30-23)25(33)29-12-2-4-20-3-1-11-28-20/h1,5-11,13-16H,2-4,12H2,(H,29,33). The van der Waals surface area contributed by atoms with Crippen LogP contribution in [0.1, 0.15) is 29.6 Å². The molecule has 5 rings (SSSR count). The number of rotatable bonds is 7. The molecule has 8 heteroatoms. The second kappa shape index (κ2) is 9.12. The Bertz CT molecular complexity index is 1360. The molecule has 164 valence electrons. The van der Waals surface area contributed by atoms with E-state index in [1.165, 1.54) is 12.1 Å².